The maximum atomic E-state index is 6.26. The fourth-order valence-corrected chi connectivity index (χ4v) is 2.52. The summed E-state index contributed by atoms with van der Waals surface area (Å²) in [5.41, 5.74) is 4.13. The third-order valence-corrected chi connectivity index (χ3v) is 3.88. The Balaban J connectivity index is 2.85. The molecule has 0 saturated carbocycles. The maximum Gasteiger partial charge on any atom is 0.0927 e. The highest BCUT2D eigenvalue weighted by atomic mass is 35.5. The quantitative estimate of drug-likeness (QED) is 0.871. The van der Waals surface area contributed by atoms with Gasteiger partial charge in [-0.05, 0) is 38.0 Å². The van der Waals surface area contributed by atoms with E-state index in [0.29, 0.717) is 10.0 Å². The van der Waals surface area contributed by atoms with Gasteiger partial charge in [0.25, 0.3) is 0 Å². The van der Waals surface area contributed by atoms with Crippen LogP contribution in [0, 0.1) is 6.92 Å². The molecule has 0 unspecified atom stereocenters. The van der Waals surface area contributed by atoms with E-state index in [-0.39, 0.29) is 0 Å². The van der Waals surface area contributed by atoms with E-state index in [2.05, 4.69) is 31.1 Å². The van der Waals surface area contributed by atoms with Gasteiger partial charge in [-0.15, -0.1) is 0 Å². The van der Waals surface area contributed by atoms with Gasteiger partial charge in [-0.3, -0.25) is 4.98 Å². The van der Waals surface area contributed by atoms with E-state index in [4.69, 9.17) is 23.2 Å². The lowest BCUT2D eigenvalue weighted by Crippen LogP contribution is -2.04. The first-order valence-corrected chi connectivity index (χ1v) is 6.86. The first-order valence-electron chi connectivity index (χ1n) is 6.11. The molecule has 0 aliphatic rings. The summed E-state index contributed by atoms with van der Waals surface area (Å²) in [7, 11) is 0. The van der Waals surface area contributed by atoms with Crippen LogP contribution >= 0.6 is 23.2 Å². The third-order valence-electron chi connectivity index (χ3n) is 3.08. The Labute approximate surface area is 117 Å². The number of pyridine rings is 1. The number of nitrogens with one attached hydrogen (secondary N) is 1. The molecule has 1 N–H and O–H groups in total. The largest absolute Gasteiger partial charge is 0.385 e. The van der Waals surface area contributed by atoms with Gasteiger partial charge in [0, 0.05) is 23.3 Å². The highest BCUT2D eigenvalue weighted by Crippen LogP contribution is 2.35. The van der Waals surface area contributed by atoms with Crippen LogP contribution in [0.1, 0.15) is 25.1 Å². The van der Waals surface area contributed by atoms with E-state index in [0.717, 1.165) is 35.2 Å². The molecule has 4 heteroatoms. The number of rotatable bonds is 3. The average molecular weight is 283 g/mol. The second kappa shape index (κ2) is 5.33. The normalized spacial score (nSPS) is 10.9. The van der Waals surface area contributed by atoms with E-state index >= 15 is 0 Å². The molecule has 0 bridgehead atoms. The van der Waals surface area contributed by atoms with E-state index < -0.39 is 0 Å². The Hall–Kier alpha value is -0.990. The molecule has 0 aliphatic carbocycles. The van der Waals surface area contributed by atoms with Crippen LogP contribution in [0.4, 0.5) is 5.69 Å². The number of anilines is 1. The van der Waals surface area contributed by atoms with Gasteiger partial charge in [0.15, 0.2) is 0 Å². The molecule has 96 valence electrons. The van der Waals surface area contributed by atoms with E-state index in [1.807, 2.05) is 12.1 Å². The number of halogens is 2. The second-order valence-electron chi connectivity index (χ2n) is 4.20. The van der Waals surface area contributed by atoms with Gasteiger partial charge in [0.1, 0.15) is 0 Å². The average Bonchev–Trinajstić information content (AvgIpc) is 2.37. The van der Waals surface area contributed by atoms with Crippen molar-refractivity contribution >= 4 is 39.8 Å². The lowest BCUT2D eigenvalue weighted by Gasteiger charge is -2.15. The topological polar surface area (TPSA) is 24.9 Å². The van der Waals surface area contributed by atoms with Crippen molar-refractivity contribution in [3.63, 3.8) is 0 Å². The molecule has 0 amide bonds. The highest BCUT2D eigenvalue weighted by Gasteiger charge is 2.13. The van der Waals surface area contributed by atoms with Gasteiger partial charge in [0.2, 0.25) is 0 Å². The van der Waals surface area contributed by atoms with Crippen LogP contribution in [0.3, 0.4) is 0 Å². The molecule has 0 aliphatic heterocycles. The molecular formula is C14H16Cl2N2. The minimum absolute atomic E-state index is 0.531. The summed E-state index contributed by atoms with van der Waals surface area (Å²) in [4.78, 5) is 4.64. The second-order valence-corrected chi connectivity index (χ2v) is 4.99. The number of nitrogens with zero attached hydrogens (tertiary/aromatic N) is 1. The van der Waals surface area contributed by atoms with Crippen molar-refractivity contribution in [1.82, 2.24) is 4.98 Å². The SMILES string of the molecule is CCNc1c(C)c(CC)nc2c(Cl)c(Cl)ccc12. The molecule has 2 nitrogen and oxygen atoms in total. The number of aryl methyl sites for hydroxylation is 1. The van der Waals surface area contributed by atoms with E-state index in [1.165, 1.54) is 5.56 Å². The summed E-state index contributed by atoms with van der Waals surface area (Å²) in [5, 5.41) is 5.50. The van der Waals surface area contributed by atoms with E-state index in [1.54, 1.807) is 0 Å². The summed E-state index contributed by atoms with van der Waals surface area (Å²) < 4.78 is 0. The summed E-state index contributed by atoms with van der Waals surface area (Å²) in [5.74, 6) is 0. The maximum absolute atomic E-state index is 6.26. The Bertz CT molecular complexity index is 594. The van der Waals surface area contributed by atoms with Crippen LogP contribution in [0.2, 0.25) is 10.0 Å². The fraction of sp³-hybridized carbons (Fsp3) is 0.357. The van der Waals surface area contributed by atoms with Gasteiger partial charge >= 0.3 is 0 Å². The minimum Gasteiger partial charge on any atom is -0.385 e. The molecule has 2 rings (SSSR count). The number of hydrogen-bond donors (Lipinski definition) is 1. The van der Waals surface area contributed by atoms with Gasteiger partial charge in [-0.25, -0.2) is 0 Å². The van der Waals surface area contributed by atoms with Crippen molar-refractivity contribution in [1.29, 1.82) is 0 Å². The molecule has 1 aromatic heterocycles. The Morgan fingerprint density at radius 1 is 1.22 bits per heavy atom. The third kappa shape index (κ3) is 2.15. The lowest BCUT2D eigenvalue weighted by atomic mass is 10.1. The number of aromatic nitrogens is 1. The van der Waals surface area contributed by atoms with Crippen LogP contribution in [0.5, 0.6) is 0 Å². The van der Waals surface area contributed by atoms with Crippen LogP contribution in [0.25, 0.3) is 10.9 Å². The van der Waals surface area contributed by atoms with Crippen LogP contribution in [0.15, 0.2) is 12.1 Å². The van der Waals surface area contributed by atoms with Crippen molar-refractivity contribution in [2.45, 2.75) is 27.2 Å². The zero-order chi connectivity index (χ0) is 13.3. The first kappa shape index (κ1) is 13.4. The summed E-state index contributed by atoms with van der Waals surface area (Å²) in [6.45, 7) is 7.12. The first-order chi connectivity index (χ1) is 8.60. The number of hydrogen-bond acceptors (Lipinski definition) is 2. The Morgan fingerprint density at radius 3 is 2.56 bits per heavy atom. The minimum atomic E-state index is 0.531. The predicted octanol–water partition coefficient (Wildman–Crippen LogP) is 4.84. The molecule has 0 radical (unpaired) electrons. The Kier molecular flexibility index (Phi) is 3.98. The molecule has 0 atom stereocenters. The van der Waals surface area contributed by atoms with Crippen molar-refractivity contribution in [2.24, 2.45) is 0 Å². The van der Waals surface area contributed by atoms with Gasteiger partial charge in [0.05, 0.1) is 15.6 Å². The predicted molar refractivity (Wildman–Crippen MR) is 80.0 cm³/mol. The molecule has 1 aromatic carbocycles. The molecular weight excluding hydrogens is 267 g/mol. The van der Waals surface area contributed by atoms with Crippen LogP contribution in [-0.4, -0.2) is 11.5 Å². The highest BCUT2D eigenvalue weighted by molar-refractivity contribution is 6.45. The smallest absolute Gasteiger partial charge is 0.0927 e. The zero-order valence-electron chi connectivity index (χ0n) is 10.8. The van der Waals surface area contributed by atoms with Gasteiger partial charge in [-0.2, -0.15) is 0 Å². The summed E-state index contributed by atoms with van der Waals surface area (Å²) in [6.07, 6.45) is 0.878. The molecule has 0 fully saturated rings. The molecule has 2 aromatic rings. The number of benzene rings is 1. The monoisotopic (exact) mass is 282 g/mol. The van der Waals surface area contributed by atoms with Gasteiger partial charge < -0.3 is 5.32 Å². The van der Waals surface area contributed by atoms with Crippen LogP contribution in [-0.2, 0) is 6.42 Å². The summed E-state index contributed by atoms with van der Waals surface area (Å²) in [6, 6.07) is 3.79. The standard InChI is InChI=1S/C14H16Cl2N2/c1-4-11-8(3)13(17-5-2)9-6-7-10(15)12(16)14(9)18-11/h6-7H,4-5H2,1-3H3,(H,17,18). The van der Waals surface area contributed by atoms with Crippen molar-refractivity contribution in [3.05, 3.63) is 33.4 Å². The van der Waals surface area contributed by atoms with Crippen molar-refractivity contribution < 1.29 is 0 Å². The molecule has 0 spiro atoms. The molecule has 1 heterocycles. The van der Waals surface area contributed by atoms with E-state index in [9.17, 15) is 0 Å². The zero-order valence-corrected chi connectivity index (χ0v) is 12.3. The van der Waals surface area contributed by atoms with Crippen molar-refractivity contribution in [2.75, 3.05) is 11.9 Å². The van der Waals surface area contributed by atoms with Gasteiger partial charge in [-0.1, -0.05) is 30.1 Å². The Morgan fingerprint density at radius 2 is 1.94 bits per heavy atom. The summed E-state index contributed by atoms with van der Waals surface area (Å²) >= 11 is 12.3. The van der Waals surface area contributed by atoms with Crippen LogP contribution < -0.4 is 5.32 Å². The molecule has 18 heavy (non-hydrogen) atoms. The number of fused-ring (bicyclic) bond motifs is 1. The lowest BCUT2D eigenvalue weighted by molar-refractivity contribution is 1.03. The molecule has 0 saturated heterocycles. The fourth-order valence-electron chi connectivity index (χ4n) is 2.16. The van der Waals surface area contributed by atoms with Crippen molar-refractivity contribution in [3.8, 4) is 0 Å².